The molecule has 0 saturated carbocycles. The number of hydrogen-bond acceptors (Lipinski definition) is 3. The van der Waals surface area contributed by atoms with Crippen molar-refractivity contribution in [2.24, 2.45) is 17.8 Å². The van der Waals surface area contributed by atoms with E-state index in [1.54, 1.807) is 0 Å². The van der Waals surface area contributed by atoms with Crippen molar-refractivity contribution in [2.45, 2.75) is 59.9 Å². The van der Waals surface area contributed by atoms with Gasteiger partial charge in [0.1, 0.15) is 0 Å². The van der Waals surface area contributed by atoms with Gasteiger partial charge in [0.05, 0.1) is 5.60 Å². The summed E-state index contributed by atoms with van der Waals surface area (Å²) < 4.78 is 11.3. The highest BCUT2D eigenvalue weighted by molar-refractivity contribution is 5.66. The fourth-order valence-corrected chi connectivity index (χ4v) is 2.69. The van der Waals surface area contributed by atoms with Crippen molar-refractivity contribution in [1.82, 2.24) is 0 Å². The van der Waals surface area contributed by atoms with Crippen LogP contribution in [0.3, 0.4) is 0 Å². The molecule has 0 aromatic rings. The molecule has 94 valence electrons. The van der Waals surface area contributed by atoms with Crippen LogP contribution in [0.25, 0.3) is 0 Å². The quantitative estimate of drug-likeness (QED) is 0.697. The Bertz CT molecular complexity index is 250. The van der Waals surface area contributed by atoms with Crippen LogP contribution >= 0.6 is 0 Å². The Hall–Kier alpha value is -0.570. The number of carbonyl (C=O) groups is 1. The maximum absolute atomic E-state index is 11.0. The van der Waals surface area contributed by atoms with Crippen LogP contribution in [-0.2, 0) is 14.3 Å². The minimum absolute atomic E-state index is 0.153. The van der Waals surface area contributed by atoms with Gasteiger partial charge in [-0.05, 0) is 18.3 Å². The molecule has 1 aliphatic heterocycles. The minimum atomic E-state index is -0.373. The Morgan fingerprint density at radius 2 is 1.81 bits per heavy atom. The lowest BCUT2D eigenvalue weighted by molar-refractivity contribution is -0.205. The molecule has 1 aliphatic rings. The zero-order chi connectivity index (χ0) is 12.5. The van der Waals surface area contributed by atoms with E-state index in [0.717, 1.165) is 6.42 Å². The van der Waals surface area contributed by atoms with Crippen LogP contribution in [0.15, 0.2) is 0 Å². The standard InChI is InChI=1S/C13H24O3/c1-8(2)13(9(3)4)7-10(5)12(16-13)15-11(6)14/h8-10,12H,7H2,1-6H3/t10-,12?/m0/s1. The molecule has 0 amide bonds. The van der Waals surface area contributed by atoms with Crippen molar-refractivity contribution in [2.75, 3.05) is 0 Å². The fourth-order valence-electron chi connectivity index (χ4n) is 2.69. The molecular formula is C13H24O3. The Balaban J connectivity index is 2.82. The van der Waals surface area contributed by atoms with Crippen molar-refractivity contribution >= 4 is 5.97 Å². The average Bonchev–Trinajstić information content (AvgIpc) is 2.44. The summed E-state index contributed by atoms with van der Waals surface area (Å²) in [5, 5.41) is 0. The molecule has 16 heavy (non-hydrogen) atoms. The van der Waals surface area contributed by atoms with Gasteiger partial charge in [0.25, 0.3) is 0 Å². The number of rotatable bonds is 3. The second-order valence-electron chi connectivity index (χ2n) is 5.54. The molecule has 0 aromatic heterocycles. The molecular weight excluding hydrogens is 204 g/mol. The van der Waals surface area contributed by atoms with Crippen LogP contribution in [0.1, 0.15) is 48.0 Å². The predicted octanol–water partition coefficient (Wildman–Crippen LogP) is 2.98. The summed E-state index contributed by atoms with van der Waals surface area (Å²) in [6, 6.07) is 0. The first-order valence-corrected chi connectivity index (χ1v) is 6.14. The number of carbonyl (C=O) groups excluding carboxylic acids is 1. The summed E-state index contributed by atoms with van der Waals surface area (Å²) in [4.78, 5) is 11.0. The number of hydrogen-bond donors (Lipinski definition) is 0. The number of esters is 1. The van der Waals surface area contributed by atoms with E-state index in [-0.39, 0.29) is 23.8 Å². The normalized spacial score (nSPS) is 28.8. The molecule has 0 N–H and O–H groups in total. The van der Waals surface area contributed by atoms with Gasteiger partial charge in [-0.25, -0.2) is 0 Å². The Kier molecular flexibility index (Phi) is 4.00. The van der Waals surface area contributed by atoms with E-state index >= 15 is 0 Å². The van der Waals surface area contributed by atoms with Crippen LogP contribution in [0.5, 0.6) is 0 Å². The Morgan fingerprint density at radius 1 is 1.31 bits per heavy atom. The smallest absolute Gasteiger partial charge is 0.304 e. The molecule has 0 bridgehead atoms. The first-order valence-electron chi connectivity index (χ1n) is 6.14. The molecule has 1 unspecified atom stereocenters. The van der Waals surface area contributed by atoms with Crippen LogP contribution in [0, 0.1) is 17.8 Å². The minimum Gasteiger partial charge on any atom is -0.436 e. The Morgan fingerprint density at radius 3 is 2.12 bits per heavy atom. The van der Waals surface area contributed by atoms with E-state index in [4.69, 9.17) is 9.47 Å². The van der Waals surface area contributed by atoms with Crippen LogP contribution < -0.4 is 0 Å². The third-order valence-corrected chi connectivity index (χ3v) is 3.68. The average molecular weight is 228 g/mol. The zero-order valence-corrected chi connectivity index (χ0v) is 11.2. The molecule has 1 saturated heterocycles. The van der Waals surface area contributed by atoms with Gasteiger partial charge in [-0.15, -0.1) is 0 Å². The predicted molar refractivity (Wildman–Crippen MR) is 62.8 cm³/mol. The van der Waals surface area contributed by atoms with Crippen molar-refractivity contribution in [3.05, 3.63) is 0 Å². The highest BCUT2D eigenvalue weighted by Crippen LogP contribution is 2.45. The van der Waals surface area contributed by atoms with Gasteiger partial charge in [-0.3, -0.25) is 4.79 Å². The van der Waals surface area contributed by atoms with E-state index in [2.05, 4.69) is 34.6 Å². The molecule has 3 nitrogen and oxygen atoms in total. The lowest BCUT2D eigenvalue weighted by Crippen LogP contribution is -2.41. The maximum atomic E-state index is 11.0. The first kappa shape index (κ1) is 13.5. The van der Waals surface area contributed by atoms with Crippen LogP contribution in [-0.4, -0.2) is 17.9 Å². The van der Waals surface area contributed by atoms with Gasteiger partial charge in [0.15, 0.2) is 0 Å². The van der Waals surface area contributed by atoms with E-state index in [0.29, 0.717) is 11.8 Å². The zero-order valence-electron chi connectivity index (χ0n) is 11.2. The highest BCUT2D eigenvalue weighted by atomic mass is 16.7. The van der Waals surface area contributed by atoms with E-state index < -0.39 is 0 Å². The van der Waals surface area contributed by atoms with Crippen molar-refractivity contribution in [3.8, 4) is 0 Å². The van der Waals surface area contributed by atoms with Gasteiger partial charge >= 0.3 is 5.97 Å². The van der Waals surface area contributed by atoms with E-state index in [9.17, 15) is 4.79 Å². The van der Waals surface area contributed by atoms with Gasteiger partial charge in [0.2, 0.25) is 6.29 Å². The van der Waals surface area contributed by atoms with Crippen molar-refractivity contribution < 1.29 is 14.3 Å². The van der Waals surface area contributed by atoms with Gasteiger partial charge < -0.3 is 9.47 Å². The lowest BCUT2D eigenvalue weighted by atomic mass is 9.76. The summed E-state index contributed by atoms with van der Waals surface area (Å²) >= 11 is 0. The van der Waals surface area contributed by atoms with E-state index in [1.807, 2.05) is 0 Å². The van der Waals surface area contributed by atoms with Gasteiger partial charge in [-0.1, -0.05) is 34.6 Å². The monoisotopic (exact) mass is 228 g/mol. The molecule has 3 heteroatoms. The third kappa shape index (κ3) is 2.40. The summed E-state index contributed by atoms with van der Waals surface area (Å²) in [5.41, 5.74) is -0.153. The molecule has 2 atom stereocenters. The molecule has 1 heterocycles. The third-order valence-electron chi connectivity index (χ3n) is 3.68. The van der Waals surface area contributed by atoms with Gasteiger partial charge in [0, 0.05) is 12.8 Å². The second kappa shape index (κ2) is 4.74. The summed E-state index contributed by atoms with van der Waals surface area (Å²) in [6.45, 7) is 12.2. The summed E-state index contributed by atoms with van der Waals surface area (Å²) in [5.74, 6) is 0.861. The highest BCUT2D eigenvalue weighted by Gasteiger charge is 2.49. The lowest BCUT2D eigenvalue weighted by Gasteiger charge is -2.37. The molecule has 0 aromatic carbocycles. The topological polar surface area (TPSA) is 35.5 Å². The van der Waals surface area contributed by atoms with Crippen molar-refractivity contribution in [3.63, 3.8) is 0 Å². The SMILES string of the molecule is CC(=O)OC1OC(C(C)C)(C(C)C)C[C@@H]1C. The summed E-state index contributed by atoms with van der Waals surface area (Å²) in [6.07, 6.45) is 0.586. The second-order valence-corrected chi connectivity index (χ2v) is 5.54. The summed E-state index contributed by atoms with van der Waals surface area (Å²) in [7, 11) is 0. The largest absolute Gasteiger partial charge is 0.436 e. The molecule has 1 fully saturated rings. The molecule has 0 radical (unpaired) electrons. The van der Waals surface area contributed by atoms with Crippen LogP contribution in [0.4, 0.5) is 0 Å². The molecule has 0 aliphatic carbocycles. The van der Waals surface area contributed by atoms with Crippen LogP contribution in [0.2, 0.25) is 0 Å². The number of ether oxygens (including phenoxy) is 2. The Labute approximate surface area is 98.5 Å². The molecule has 1 rings (SSSR count). The van der Waals surface area contributed by atoms with Crippen molar-refractivity contribution in [1.29, 1.82) is 0 Å². The molecule has 0 spiro atoms. The fraction of sp³-hybridized carbons (Fsp3) is 0.923. The maximum Gasteiger partial charge on any atom is 0.304 e. The van der Waals surface area contributed by atoms with E-state index in [1.165, 1.54) is 6.92 Å². The van der Waals surface area contributed by atoms with Gasteiger partial charge in [-0.2, -0.15) is 0 Å². The first-order chi connectivity index (χ1) is 7.29.